The van der Waals surface area contributed by atoms with Crippen LogP contribution in [-0.2, 0) is 19.6 Å². The van der Waals surface area contributed by atoms with Gasteiger partial charge in [0.15, 0.2) is 0 Å². The smallest absolute Gasteiger partial charge is 0.323 e. The van der Waals surface area contributed by atoms with Crippen molar-refractivity contribution >= 4 is 33.2 Å². The number of sulfonamides is 1. The third-order valence-electron chi connectivity index (χ3n) is 3.77. The number of hydrogen-bond acceptors (Lipinski definition) is 5. The third-order valence-corrected chi connectivity index (χ3v) is 7.05. The number of hydrogen-bond donors (Lipinski definition) is 1. The Kier molecular flexibility index (Phi) is 5.77. The van der Waals surface area contributed by atoms with E-state index in [4.69, 9.17) is 0 Å². The molecule has 0 spiro atoms. The molecule has 1 aromatic rings. The van der Waals surface area contributed by atoms with Crippen LogP contribution in [0.25, 0.3) is 0 Å². The fourth-order valence-corrected chi connectivity index (χ4v) is 5.18. The second-order valence-electron chi connectivity index (χ2n) is 5.35. The summed E-state index contributed by atoms with van der Waals surface area (Å²) in [7, 11) is -3.85. The summed E-state index contributed by atoms with van der Waals surface area (Å²) in [6.45, 7) is 2.08. The summed E-state index contributed by atoms with van der Waals surface area (Å²) in [6.07, 6.45) is 1.98. The minimum absolute atomic E-state index is 0.00490. The van der Waals surface area contributed by atoms with Crippen molar-refractivity contribution in [3.8, 4) is 0 Å². The maximum Gasteiger partial charge on any atom is 0.323 e. The van der Waals surface area contributed by atoms with Gasteiger partial charge in [-0.15, -0.1) is 11.3 Å². The Labute approximate surface area is 139 Å². The van der Waals surface area contributed by atoms with Crippen molar-refractivity contribution in [2.45, 2.75) is 36.4 Å². The molecule has 1 aliphatic heterocycles. The minimum atomic E-state index is -3.85. The Morgan fingerprint density at radius 2 is 2.13 bits per heavy atom. The minimum Gasteiger partial charge on any atom is -0.480 e. The first-order valence-electron chi connectivity index (χ1n) is 7.44. The number of carbonyl (C=O) groups is 2. The van der Waals surface area contributed by atoms with E-state index in [0.717, 1.165) is 28.5 Å². The Morgan fingerprint density at radius 3 is 2.70 bits per heavy atom. The summed E-state index contributed by atoms with van der Waals surface area (Å²) in [5.41, 5.74) is 0. The summed E-state index contributed by atoms with van der Waals surface area (Å²) >= 11 is 1.05. The van der Waals surface area contributed by atoms with E-state index in [1.807, 2.05) is 6.92 Å². The van der Waals surface area contributed by atoms with Crippen molar-refractivity contribution in [1.82, 2.24) is 9.21 Å². The van der Waals surface area contributed by atoms with Crippen molar-refractivity contribution in [3.63, 3.8) is 0 Å². The molecule has 1 aliphatic rings. The highest BCUT2D eigenvalue weighted by atomic mass is 32.2. The lowest BCUT2D eigenvalue weighted by Crippen LogP contribution is -2.59. The van der Waals surface area contributed by atoms with Gasteiger partial charge < -0.3 is 10.0 Å². The second kappa shape index (κ2) is 7.41. The van der Waals surface area contributed by atoms with Crippen molar-refractivity contribution in [1.29, 1.82) is 0 Å². The normalized spacial score (nSPS) is 19.7. The number of carboxylic acid groups (broad SMARTS) is 1. The molecule has 0 aliphatic carbocycles. The number of carboxylic acids is 1. The van der Waals surface area contributed by atoms with Crippen LogP contribution in [0.15, 0.2) is 21.7 Å². The van der Waals surface area contributed by atoms with E-state index in [1.54, 1.807) is 11.4 Å². The van der Waals surface area contributed by atoms with E-state index in [0.29, 0.717) is 6.42 Å². The lowest BCUT2D eigenvalue weighted by molar-refractivity contribution is -0.145. The van der Waals surface area contributed by atoms with E-state index in [9.17, 15) is 23.1 Å². The average Bonchev–Trinajstić information content (AvgIpc) is 3.07. The highest BCUT2D eigenvalue weighted by molar-refractivity contribution is 7.91. The number of rotatable bonds is 6. The predicted octanol–water partition coefficient (Wildman–Crippen LogP) is 1.22. The van der Waals surface area contributed by atoms with E-state index >= 15 is 0 Å². The topological polar surface area (TPSA) is 95.0 Å². The Bertz CT molecular complexity index is 657. The van der Waals surface area contributed by atoms with Crippen LogP contribution in [-0.4, -0.2) is 60.3 Å². The number of amides is 1. The fourth-order valence-electron chi connectivity index (χ4n) is 2.49. The quantitative estimate of drug-likeness (QED) is 0.823. The zero-order chi connectivity index (χ0) is 17.0. The van der Waals surface area contributed by atoms with E-state index < -0.39 is 22.0 Å². The molecule has 1 unspecified atom stereocenters. The molecule has 128 valence electrons. The van der Waals surface area contributed by atoms with Crippen LogP contribution < -0.4 is 0 Å². The number of thiophene rings is 1. The van der Waals surface area contributed by atoms with Crippen LogP contribution in [0, 0.1) is 0 Å². The van der Waals surface area contributed by atoms with Gasteiger partial charge in [-0.3, -0.25) is 9.59 Å². The maximum atomic E-state index is 12.6. The lowest BCUT2D eigenvalue weighted by atomic mass is 10.1. The van der Waals surface area contributed by atoms with Crippen molar-refractivity contribution in [2.75, 3.05) is 19.6 Å². The second-order valence-corrected chi connectivity index (χ2v) is 8.41. The first-order chi connectivity index (χ1) is 10.9. The zero-order valence-corrected chi connectivity index (χ0v) is 14.5. The zero-order valence-electron chi connectivity index (χ0n) is 12.8. The Balaban J connectivity index is 2.18. The summed E-state index contributed by atoms with van der Waals surface area (Å²) in [5.74, 6) is -1.36. The standard InChI is InChI=1S/C14H20N2O5S2/c1-2-3-5-12(17)15-7-8-16(11(10-15)14(18)19)23(20,21)13-6-4-9-22-13/h4,6,9,11H,2-3,5,7-8,10H2,1H3,(H,18,19). The van der Waals surface area contributed by atoms with Crippen LogP contribution in [0.2, 0.25) is 0 Å². The molecule has 2 rings (SSSR count). The van der Waals surface area contributed by atoms with Crippen molar-refractivity contribution in [2.24, 2.45) is 0 Å². The molecular formula is C14H20N2O5S2. The van der Waals surface area contributed by atoms with Gasteiger partial charge in [0.25, 0.3) is 10.0 Å². The molecule has 0 aromatic carbocycles. The molecule has 1 aromatic heterocycles. The number of carbonyl (C=O) groups excluding carboxylic acids is 1. The summed E-state index contributed by atoms with van der Waals surface area (Å²) in [4.78, 5) is 25.1. The van der Waals surface area contributed by atoms with E-state index in [-0.39, 0.29) is 29.8 Å². The summed E-state index contributed by atoms with van der Waals surface area (Å²) in [6, 6.07) is 1.82. The van der Waals surface area contributed by atoms with Gasteiger partial charge in [0, 0.05) is 26.1 Å². The van der Waals surface area contributed by atoms with Gasteiger partial charge in [0.05, 0.1) is 0 Å². The molecular weight excluding hydrogens is 340 g/mol. The van der Waals surface area contributed by atoms with Crippen molar-refractivity contribution < 1.29 is 23.1 Å². The molecule has 1 fully saturated rings. The monoisotopic (exact) mass is 360 g/mol. The SMILES string of the molecule is CCCCC(=O)N1CCN(S(=O)(=O)c2cccs2)C(C(=O)O)C1. The number of piperazine rings is 1. The third kappa shape index (κ3) is 3.91. The Hall–Kier alpha value is -1.45. The molecule has 1 amide bonds. The van der Waals surface area contributed by atoms with Crippen LogP contribution in [0.1, 0.15) is 26.2 Å². The van der Waals surface area contributed by atoms with Gasteiger partial charge >= 0.3 is 5.97 Å². The molecule has 2 heterocycles. The van der Waals surface area contributed by atoms with Gasteiger partial charge in [0.2, 0.25) is 5.91 Å². The molecule has 0 bridgehead atoms. The fraction of sp³-hybridized carbons (Fsp3) is 0.571. The average molecular weight is 360 g/mol. The molecule has 23 heavy (non-hydrogen) atoms. The molecule has 0 radical (unpaired) electrons. The van der Waals surface area contributed by atoms with Gasteiger partial charge in [-0.1, -0.05) is 19.4 Å². The molecule has 9 heteroatoms. The van der Waals surface area contributed by atoms with Gasteiger partial charge in [0.1, 0.15) is 10.3 Å². The largest absolute Gasteiger partial charge is 0.480 e. The summed E-state index contributed by atoms with van der Waals surface area (Å²) < 4.78 is 26.3. The lowest BCUT2D eigenvalue weighted by Gasteiger charge is -2.38. The molecule has 1 saturated heterocycles. The van der Waals surface area contributed by atoms with Gasteiger partial charge in [-0.2, -0.15) is 4.31 Å². The molecule has 1 atom stereocenters. The number of unbranched alkanes of at least 4 members (excludes halogenated alkanes) is 1. The number of nitrogens with zero attached hydrogens (tertiary/aromatic N) is 2. The molecule has 7 nitrogen and oxygen atoms in total. The number of aliphatic carboxylic acids is 1. The maximum absolute atomic E-state index is 12.6. The van der Waals surface area contributed by atoms with E-state index in [1.165, 1.54) is 11.0 Å². The highest BCUT2D eigenvalue weighted by Crippen LogP contribution is 2.25. The van der Waals surface area contributed by atoms with Crippen LogP contribution in [0.4, 0.5) is 0 Å². The Morgan fingerprint density at radius 1 is 1.39 bits per heavy atom. The van der Waals surface area contributed by atoms with E-state index in [2.05, 4.69) is 0 Å². The molecule has 1 N–H and O–H groups in total. The van der Waals surface area contributed by atoms with Gasteiger partial charge in [-0.25, -0.2) is 8.42 Å². The predicted molar refractivity (Wildman–Crippen MR) is 85.7 cm³/mol. The van der Waals surface area contributed by atoms with Crippen LogP contribution in [0.3, 0.4) is 0 Å². The van der Waals surface area contributed by atoms with Crippen molar-refractivity contribution in [3.05, 3.63) is 17.5 Å². The summed E-state index contributed by atoms with van der Waals surface area (Å²) in [5, 5.41) is 11.0. The van der Waals surface area contributed by atoms with Gasteiger partial charge in [-0.05, 0) is 17.9 Å². The first-order valence-corrected chi connectivity index (χ1v) is 9.75. The molecule has 0 saturated carbocycles. The van der Waals surface area contributed by atoms with Crippen LogP contribution >= 0.6 is 11.3 Å². The first kappa shape index (κ1) is 17.9. The highest BCUT2D eigenvalue weighted by Gasteiger charge is 2.41. The van der Waals surface area contributed by atoms with Crippen LogP contribution in [0.5, 0.6) is 0 Å².